The minimum absolute atomic E-state index is 0.0165. The molecule has 0 unspecified atom stereocenters. The SMILES string of the molecule is COC(=O)C1CCC(OC(=O)C2CCC(S)CC2)CC1. The van der Waals surface area contributed by atoms with Crippen LogP contribution in [0.4, 0.5) is 0 Å². The van der Waals surface area contributed by atoms with Crippen LogP contribution in [0.2, 0.25) is 0 Å². The first-order chi connectivity index (χ1) is 9.60. The molecule has 0 atom stereocenters. The molecule has 0 radical (unpaired) electrons. The van der Waals surface area contributed by atoms with E-state index in [0.29, 0.717) is 5.25 Å². The molecule has 0 aromatic carbocycles. The van der Waals surface area contributed by atoms with Gasteiger partial charge in [-0.25, -0.2) is 0 Å². The zero-order chi connectivity index (χ0) is 14.5. The first-order valence-corrected chi connectivity index (χ1v) is 8.08. The van der Waals surface area contributed by atoms with Crippen molar-refractivity contribution in [3.8, 4) is 0 Å². The van der Waals surface area contributed by atoms with Crippen molar-refractivity contribution >= 4 is 24.6 Å². The minimum atomic E-state index is -0.137. The lowest BCUT2D eigenvalue weighted by atomic mass is 9.86. The highest BCUT2D eigenvalue weighted by molar-refractivity contribution is 7.80. The van der Waals surface area contributed by atoms with Crippen LogP contribution in [0.5, 0.6) is 0 Å². The maximum atomic E-state index is 12.1. The van der Waals surface area contributed by atoms with Gasteiger partial charge in [-0.15, -0.1) is 0 Å². The van der Waals surface area contributed by atoms with Gasteiger partial charge in [-0.3, -0.25) is 9.59 Å². The zero-order valence-electron chi connectivity index (χ0n) is 12.0. The van der Waals surface area contributed by atoms with Crippen LogP contribution in [0.25, 0.3) is 0 Å². The number of methoxy groups -OCH3 is 1. The van der Waals surface area contributed by atoms with E-state index in [0.717, 1.165) is 51.4 Å². The predicted octanol–water partition coefficient (Wildman–Crippen LogP) is 2.75. The van der Waals surface area contributed by atoms with Crippen LogP contribution in [0.1, 0.15) is 51.4 Å². The largest absolute Gasteiger partial charge is 0.469 e. The van der Waals surface area contributed by atoms with E-state index in [4.69, 9.17) is 9.47 Å². The van der Waals surface area contributed by atoms with E-state index in [-0.39, 0.29) is 29.9 Å². The summed E-state index contributed by atoms with van der Waals surface area (Å²) < 4.78 is 10.4. The Bertz CT molecular complexity index is 342. The Morgan fingerprint density at radius 3 is 1.90 bits per heavy atom. The maximum absolute atomic E-state index is 12.1. The minimum Gasteiger partial charge on any atom is -0.469 e. The molecule has 0 amide bonds. The van der Waals surface area contributed by atoms with Crippen molar-refractivity contribution in [3.05, 3.63) is 0 Å². The number of hydrogen-bond donors (Lipinski definition) is 1. The first kappa shape index (κ1) is 15.7. The van der Waals surface area contributed by atoms with Gasteiger partial charge in [0, 0.05) is 5.25 Å². The molecular weight excluding hydrogens is 276 g/mol. The lowest BCUT2D eigenvalue weighted by molar-refractivity contribution is -0.158. The summed E-state index contributed by atoms with van der Waals surface area (Å²) >= 11 is 4.44. The van der Waals surface area contributed by atoms with Gasteiger partial charge in [0.1, 0.15) is 6.10 Å². The van der Waals surface area contributed by atoms with Gasteiger partial charge in [-0.2, -0.15) is 12.6 Å². The fraction of sp³-hybridized carbons (Fsp3) is 0.867. The highest BCUT2D eigenvalue weighted by Gasteiger charge is 2.31. The van der Waals surface area contributed by atoms with Crippen LogP contribution in [0.3, 0.4) is 0 Å². The van der Waals surface area contributed by atoms with E-state index in [2.05, 4.69) is 12.6 Å². The maximum Gasteiger partial charge on any atom is 0.309 e. The van der Waals surface area contributed by atoms with E-state index in [1.807, 2.05) is 0 Å². The Morgan fingerprint density at radius 1 is 0.850 bits per heavy atom. The van der Waals surface area contributed by atoms with Crippen molar-refractivity contribution in [2.75, 3.05) is 7.11 Å². The lowest BCUT2D eigenvalue weighted by Gasteiger charge is -2.29. The van der Waals surface area contributed by atoms with Crippen LogP contribution < -0.4 is 0 Å². The highest BCUT2D eigenvalue weighted by Crippen LogP contribution is 2.31. The standard InChI is InChI=1S/C15H24O4S/c1-18-14(16)10-2-6-12(7-3-10)19-15(17)11-4-8-13(20)9-5-11/h10-13,20H,2-9H2,1H3. The fourth-order valence-corrected chi connectivity index (χ4v) is 3.45. The number of carbonyl (C=O) groups excluding carboxylic acids is 2. The van der Waals surface area contributed by atoms with Crippen molar-refractivity contribution in [1.82, 2.24) is 0 Å². The second-order valence-corrected chi connectivity index (χ2v) is 6.67. The highest BCUT2D eigenvalue weighted by atomic mass is 32.1. The zero-order valence-corrected chi connectivity index (χ0v) is 12.9. The molecule has 114 valence electrons. The molecule has 2 aliphatic carbocycles. The van der Waals surface area contributed by atoms with E-state index in [1.54, 1.807) is 0 Å². The third-order valence-electron chi connectivity index (χ3n) is 4.52. The summed E-state index contributed by atoms with van der Waals surface area (Å²) in [4.78, 5) is 23.5. The summed E-state index contributed by atoms with van der Waals surface area (Å²) in [5.74, 6) is -0.153. The molecule has 0 heterocycles. The molecule has 0 bridgehead atoms. The molecule has 5 heteroatoms. The molecule has 4 nitrogen and oxygen atoms in total. The summed E-state index contributed by atoms with van der Waals surface area (Å²) in [6, 6.07) is 0. The quantitative estimate of drug-likeness (QED) is 0.643. The summed E-state index contributed by atoms with van der Waals surface area (Å²) in [6.07, 6.45) is 6.82. The van der Waals surface area contributed by atoms with E-state index in [9.17, 15) is 9.59 Å². The van der Waals surface area contributed by atoms with Crippen LogP contribution in [-0.2, 0) is 19.1 Å². The van der Waals surface area contributed by atoms with Crippen molar-refractivity contribution in [2.24, 2.45) is 11.8 Å². The van der Waals surface area contributed by atoms with Crippen LogP contribution in [0.15, 0.2) is 0 Å². The third-order valence-corrected chi connectivity index (χ3v) is 5.04. The van der Waals surface area contributed by atoms with Gasteiger partial charge in [0.15, 0.2) is 0 Å². The second-order valence-electron chi connectivity index (χ2n) is 5.94. The molecule has 0 saturated heterocycles. The Hall–Kier alpha value is -0.710. The van der Waals surface area contributed by atoms with Crippen molar-refractivity contribution in [3.63, 3.8) is 0 Å². The summed E-state index contributed by atoms with van der Waals surface area (Å²) in [6.45, 7) is 0. The van der Waals surface area contributed by atoms with Gasteiger partial charge in [-0.05, 0) is 51.4 Å². The molecule has 0 aromatic rings. The van der Waals surface area contributed by atoms with Gasteiger partial charge < -0.3 is 9.47 Å². The molecule has 2 aliphatic rings. The number of carbonyl (C=O) groups is 2. The van der Waals surface area contributed by atoms with Crippen molar-refractivity contribution < 1.29 is 19.1 Å². The smallest absolute Gasteiger partial charge is 0.309 e. The van der Waals surface area contributed by atoms with Gasteiger partial charge in [0.2, 0.25) is 0 Å². The van der Waals surface area contributed by atoms with Gasteiger partial charge in [0.05, 0.1) is 18.9 Å². The Labute approximate surface area is 126 Å². The van der Waals surface area contributed by atoms with E-state index >= 15 is 0 Å². The van der Waals surface area contributed by atoms with Crippen LogP contribution in [0, 0.1) is 11.8 Å². The molecule has 2 fully saturated rings. The molecule has 2 saturated carbocycles. The molecule has 2 rings (SSSR count). The molecule has 0 N–H and O–H groups in total. The average Bonchev–Trinajstić information content (AvgIpc) is 2.48. The Balaban J connectivity index is 1.72. The second kappa shape index (κ2) is 7.34. The number of thiol groups is 1. The van der Waals surface area contributed by atoms with Gasteiger partial charge >= 0.3 is 11.9 Å². The molecule has 20 heavy (non-hydrogen) atoms. The van der Waals surface area contributed by atoms with E-state index < -0.39 is 0 Å². The van der Waals surface area contributed by atoms with Crippen LogP contribution >= 0.6 is 12.6 Å². The predicted molar refractivity (Wildman–Crippen MR) is 78.6 cm³/mol. The van der Waals surface area contributed by atoms with Crippen molar-refractivity contribution in [1.29, 1.82) is 0 Å². The number of hydrogen-bond acceptors (Lipinski definition) is 5. The van der Waals surface area contributed by atoms with Gasteiger partial charge in [0.25, 0.3) is 0 Å². The van der Waals surface area contributed by atoms with E-state index in [1.165, 1.54) is 7.11 Å². The topological polar surface area (TPSA) is 52.6 Å². The number of ether oxygens (including phenoxy) is 2. The fourth-order valence-electron chi connectivity index (χ4n) is 3.16. The first-order valence-electron chi connectivity index (χ1n) is 7.56. The number of rotatable bonds is 3. The van der Waals surface area contributed by atoms with Gasteiger partial charge in [-0.1, -0.05) is 0 Å². The lowest BCUT2D eigenvalue weighted by Crippen LogP contribution is -2.32. The van der Waals surface area contributed by atoms with Crippen molar-refractivity contribution in [2.45, 2.75) is 62.7 Å². The summed E-state index contributed by atoms with van der Waals surface area (Å²) in [5.41, 5.74) is 0. The summed E-state index contributed by atoms with van der Waals surface area (Å²) in [7, 11) is 1.42. The monoisotopic (exact) mass is 300 g/mol. The van der Waals surface area contributed by atoms with Crippen LogP contribution in [-0.4, -0.2) is 30.4 Å². The Morgan fingerprint density at radius 2 is 1.35 bits per heavy atom. The molecule has 0 spiro atoms. The number of esters is 2. The Kier molecular flexibility index (Phi) is 5.75. The summed E-state index contributed by atoms with van der Waals surface area (Å²) in [5, 5.41) is 0.439. The molecule has 0 aliphatic heterocycles. The normalized spacial score (nSPS) is 34.3. The average molecular weight is 300 g/mol. The molecular formula is C15H24O4S. The molecule has 0 aromatic heterocycles. The third kappa shape index (κ3) is 4.14.